The van der Waals surface area contributed by atoms with Crippen LogP contribution in [-0.4, -0.2) is 23.4 Å². The number of rotatable bonds is 5. The van der Waals surface area contributed by atoms with Gasteiger partial charge in [0.05, 0.1) is 11.0 Å². The van der Waals surface area contributed by atoms with Gasteiger partial charge in [-0.15, -0.1) is 0 Å². The molecule has 1 amide bonds. The Kier molecular flexibility index (Phi) is 4.73. The molecule has 0 aromatic heterocycles. The van der Waals surface area contributed by atoms with E-state index in [1.807, 2.05) is 6.92 Å². The summed E-state index contributed by atoms with van der Waals surface area (Å²) in [5.41, 5.74) is 5.06. The fourth-order valence-electron chi connectivity index (χ4n) is 1.28. The number of hydrogen-bond donors (Lipinski definition) is 2. The molecule has 3 N–H and O–H groups in total. The van der Waals surface area contributed by atoms with E-state index in [-0.39, 0.29) is 18.2 Å². The molecule has 0 heterocycles. The van der Waals surface area contributed by atoms with Crippen molar-refractivity contribution < 1.29 is 14.1 Å². The number of nitro benzene ring substituents is 1. The first kappa shape index (κ1) is 14.0. The summed E-state index contributed by atoms with van der Waals surface area (Å²) >= 11 is 0. The van der Waals surface area contributed by atoms with Crippen LogP contribution >= 0.6 is 0 Å². The summed E-state index contributed by atoms with van der Waals surface area (Å²) in [6.07, 6.45) is 0.684. The molecule has 0 aliphatic rings. The summed E-state index contributed by atoms with van der Waals surface area (Å²) in [7, 11) is 0. The molecule has 0 aliphatic carbocycles. The number of carbonyl (C=O) groups is 1. The lowest BCUT2D eigenvalue weighted by Crippen LogP contribution is -2.36. The van der Waals surface area contributed by atoms with Gasteiger partial charge in [0, 0.05) is 24.2 Å². The number of non-ortho nitro benzene ring substituents is 1. The lowest BCUT2D eigenvalue weighted by atomic mass is 10.1. The van der Waals surface area contributed by atoms with E-state index in [2.05, 4.69) is 5.32 Å². The first-order valence-corrected chi connectivity index (χ1v) is 5.42. The molecule has 0 bridgehead atoms. The molecule has 0 aliphatic heterocycles. The van der Waals surface area contributed by atoms with Crippen LogP contribution in [0.25, 0.3) is 0 Å². The van der Waals surface area contributed by atoms with Gasteiger partial charge in [-0.2, -0.15) is 0 Å². The average molecular weight is 255 g/mol. The summed E-state index contributed by atoms with van der Waals surface area (Å²) in [5.74, 6) is -1.41. The Balaban J connectivity index is 2.82. The number of nitrogens with two attached hydrogens (primary N) is 1. The van der Waals surface area contributed by atoms with Crippen molar-refractivity contribution in [1.82, 2.24) is 5.32 Å². The molecule has 0 spiro atoms. The minimum Gasteiger partial charge on any atom is -0.350 e. The van der Waals surface area contributed by atoms with Crippen LogP contribution in [0.2, 0.25) is 0 Å². The van der Waals surface area contributed by atoms with Crippen molar-refractivity contribution >= 4 is 11.6 Å². The van der Waals surface area contributed by atoms with E-state index in [1.165, 1.54) is 0 Å². The minimum atomic E-state index is -0.825. The number of nitro groups is 1. The Morgan fingerprint density at radius 2 is 2.22 bits per heavy atom. The molecular formula is C11H14FN3O3. The maximum atomic E-state index is 13.1. The molecule has 1 rings (SSSR count). The minimum absolute atomic E-state index is 0.0926. The summed E-state index contributed by atoms with van der Waals surface area (Å²) in [4.78, 5) is 21.4. The van der Waals surface area contributed by atoms with Gasteiger partial charge in [0.25, 0.3) is 11.6 Å². The van der Waals surface area contributed by atoms with Crippen molar-refractivity contribution in [2.45, 2.75) is 19.4 Å². The van der Waals surface area contributed by atoms with Crippen LogP contribution in [0.1, 0.15) is 23.7 Å². The van der Waals surface area contributed by atoms with Gasteiger partial charge in [-0.3, -0.25) is 14.9 Å². The zero-order valence-electron chi connectivity index (χ0n) is 9.85. The predicted octanol–water partition coefficient (Wildman–Crippen LogP) is 1.20. The summed E-state index contributed by atoms with van der Waals surface area (Å²) in [6, 6.07) is 2.53. The Morgan fingerprint density at radius 1 is 1.56 bits per heavy atom. The Labute approximate surface area is 103 Å². The molecule has 0 radical (unpaired) electrons. The molecule has 0 fully saturated rings. The maximum Gasteiger partial charge on any atom is 0.273 e. The second kappa shape index (κ2) is 6.06. The Morgan fingerprint density at radius 3 is 2.78 bits per heavy atom. The largest absolute Gasteiger partial charge is 0.350 e. The summed E-state index contributed by atoms with van der Waals surface area (Å²) in [6.45, 7) is 2.10. The van der Waals surface area contributed by atoms with Crippen molar-refractivity contribution in [2.75, 3.05) is 6.54 Å². The van der Waals surface area contributed by atoms with Crippen LogP contribution in [0.4, 0.5) is 10.1 Å². The van der Waals surface area contributed by atoms with Gasteiger partial charge in [0.2, 0.25) is 0 Å². The molecule has 0 saturated carbocycles. The van der Waals surface area contributed by atoms with Crippen molar-refractivity contribution in [2.24, 2.45) is 5.73 Å². The number of nitrogens with one attached hydrogen (secondary N) is 1. The van der Waals surface area contributed by atoms with E-state index in [9.17, 15) is 19.3 Å². The van der Waals surface area contributed by atoms with Crippen LogP contribution in [0.3, 0.4) is 0 Å². The Bertz CT molecular complexity index is 465. The number of nitrogens with zero attached hydrogens (tertiary/aromatic N) is 1. The first-order valence-electron chi connectivity index (χ1n) is 5.42. The molecule has 1 unspecified atom stereocenters. The van der Waals surface area contributed by atoms with Crippen molar-refractivity contribution in [3.63, 3.8) is 0 Å². The average Bonchev–Trinajstić information content (AvgIpc) is 2.34. The van der Waals surface area contributed by atoms with E-state index in [1.54, 1.807) is 0 Å². The fourth-order valence-corrected chi connectivity index (χ4v) is 1.28. The van der Waals surface area contributed by atoms with Gasteiger partial charge in [-0.25, -0.2) is 4.39 Å². The maximum absolute atomic E-state index is 13.1. The highest BCUT2D eigenvalue weighted by Crippen LogP contribution is 2.16. The molecule has 98 valence electrons. The number of halogens is 1. The van der Waals surface area contributed by atoms with Gasteiger partial charge in [-0.1, -0.05) is 6.92 Å². The quantitative estimate of drug-likeness (QED) is 0.610. The number of carbonyl (C=O) groups excluding carboxylic acids is 1. The van der Waals surface area contributed by atoms with E-state index in [0.717, 1.165) is 18.2 Å². The molecule has 1 aromatic carbocycles. The van der Waals surface area contributed by atoms with Crippen molar-refractivity contribution in [3.8, 4) is 0 Å². The highest BCUT2D eigenvalue weighted by Gasteiger charge is 2.14. The molecule has 1 atom stereocenters. The third-order valence-corrected chi connectivity index (χ3v) is 2.40. The fraction of sp³-hybridized carbons (Fsp3) is 0.364. The number of amides is 1. The van der Waals surface area contributed by atoms with Gasteiger partial charge in [0.15, 0.2) is 0 Å². The monoisotopic (exact) mass is 255 g/mol. The van der Waals surface area contributed by atoms with Crippen molar-refractivity contribution in [3.05, 3.63) is 39.7 Å². The SMILES string of the molecule is CCC(N)CNC(=O)c1cc(F)cc([N+](=O)[O-])c1. The normalized spacial score (nSPS) is 11.9. The molecule has 6 nitrogen and oxygen atoms in total. The lowest BCUT2D eigenvalue weighted by Gasteiger charge is -2.10. The van der Waals surface area contributed by atoms with Gasteiger partial charge < -0.3 is 11.1 Å². The molecule has 0 saturated heterocycles. The van der Waals surface area contributed by atoms with E-state index in [4.69, 9.17) is 5.73 Å². The third kappa shape index (κ3) is 3.77. The first-order chi connectivity index (χ1) is 8.43. The van der Waals surface area contributed by atoms with Crippen LogP contribution in [0, 0.1) is 15.9 Å². The van der Waals surface area contributed by atoms with Gasteiger partial charge >= 0.3 is 0 Å². The van der Waals surface area contributed by atoms with Gasteiger partial charge in [0.1, 0.15) is 5.82 Å². The van der Waals surface area contributed by atoms with Crippen LogP contribution < -0.4 is 11.1 Å². The number of benzene rings is 1. The number of hydrogen-bond acceptors (Lipinski definition) is 4. The highest BCUT2D eigenvalue weighted by atomic mass is 19.1. The standard InChI is InChI=1S/C11H14FN3O3/c1-2-9(13)6-14-11(16)7-3-8(12)5-10(4-7)15(17)18/h3-5,9H,2,6,13H2,1H3,(H,14,16). The summed E-state index contributed by atoms with van der Waals surface area (Å²) < 4.78 is 13.1. The third-order valence-electron chi connectivity index (χ3n) is 2.40. The smallest absolute Gasteiger partial charge is 0.273 e. The zero-order valence-corrected chi connectivity index (χ0v) is 9.85. The van der Waals surface area contributed by atoms with Crippen molar-refractivity contribution in [1.29, 1.82) is 0 Å². The molecular weight excluding hydrogens is 241 g/mol. The van der Waals surface area contributed by atoms with Crippen LogP contribution in [0.15, 0.2) is 18.2 Å². The topological polar surface area (TPSA) is 98.3 Å². The van der Waals surface area contributed by atoms with Crippen LogP contribution in [-0.2, 0) is 0 Å². The lowest BCUT2D eigenvalue weighted by molar-refractivity contribution is -0.385. The summed E-state index contributed by atoms with van der Waals surface area (Å²) in [5, 5.41) is 13.0. The Hall–Kier alpha value is -2.02. The molecule has 7 heteroatoms. The van der Waals surface area contributed by atoms with E-state index in [0.29, 0.717) is 6.42 Å². The molecule has 18 heavy (non-hydrogen) atoms. The molecule has 1 aromatic rings. The highest BCUT2D eigenvalue weighted by molar-refractivity contribution is 5.94. The second-order valence-corrected chi connectivity index (χ2v) is 3.83. The second-order valence-electron chi connectivity index (χ2n) is 3.83. The van der Waals surface area contributed by atoms with Gasteiger partial charge in [-0.05, 0) is 12.5 Å². The van der Waals surface area contributed by atoms with E-state index < -0.39 is 22.3 Å². The zero-order chi connectivity index (χ0) is 13.7. The van der Waals surface area contributed by atoms with E-state index >= 15 is 0 Å². The predicted molar refractivity (Wildman–Crippen MR) is 63.7 cm³/mol. The van der Waals surface area contributed by atoms with Crippen LogP contribution in [0.5, 0.6) is 0 Å².